The van der Waals surface area contributed by atoms with E-state index in [1.807, 2.05) is 5.38 Å². The van der Waals surface area contributed by atoms with Crippen molar-refractivity contribution in [1.29, 1.82) is 0 Å². The number of hydrogen-bond donors (Lipinski definition) is 2. The monoisotopic (exact) mass is 314 g/mol. The van der Waals surface area contributed by atoms with E-state index in [9.17, 15) is 8.42 Å². The SMILES string of the molecule is CC1CCC(NS(=O)(=O)c2ccsc2CNC2CC2)C1. The fourth-order valence-corrected chi connectivity index (χ4v) is 5.50. The number of hydrogen-bond acceptors (Lipinski definition) is 4. The van der Waals surface area contributed by atoms with E-state index < -0.39 is 10.0 Å². The lowest BCUT2D eigenvalue weighted by atomic mass is 10.1. The normalized spacial score (nSPS) is 27.1. The third-order valence-corrected chi connectivity index (χ3v) is 6.79. The number of thiophene rings is 1. The molecule has 2 saturated carbocycles. The summed E-state index contributed by atoms with van der Waals surface area (Å²) in [5.74, 6) is 0.626. The van der Waals surface area contributed by atoms with Crippen LogP contribution in [0.2, 0.25) is 0 Å². The van der Waals surface area contributed by atoms with Crippen molar-refractivity contribution in [3.8, 4) is 0 Å². The molecule has 1 heterocycles. The number of sulfonamides is 1. The molecule has 2 N–H and O–H groups in total. The molecule has 0 spiro atoms. The predicted molar refractivity (Wildman–Crippen MR) is 81.3 cm³/mol. The maximum atomic E-state index is 12.5. The zero-order chi connectivity index (χ0) is 14.2. The van der Waals surface area contributed by atoms with Gasteiger partial charge in [0.25, 0.3) is 0 Å². The molecule has 2 aliphatic rings. The molecular weight excluding hydrogens is 292 g/mol. The van der Waals surface area contributed by atoms with Gasteiger partial charge in [0, 0.05) is 23.5 Å². The summed E-state index contributed by atoms with van der Waals surface area (Å²) in [6.07, 6.45) is 5.46. The summed E-state index contributed by atoms with van der Waals surface area (Å²) in [4.78, 5) is 1.39. The third-order valence-electron chi connectivity index (χ3n) is 4.14. The van der Waals surface area contributed by atoms with Crippen molar-refractivity contribution in [1.82, 2.24) is 10.0 Å². The number of nitrogens with one attached hydrogen (secondary N) is 2. The Morgan fingerprint density at radius 1 is 1.25 bits per heavy atom. The van der Waals surface area contributed by atoms with Gasteiger partial charge in [-0.1, -0.05) is 6.92 Å². The lowest BCUT2D eigenvalue weighted by Crippen LogP contribution is -2.33. The Morgan fingerprint density at radius 3 is 2.65 bits per heavy atom. The van der Waals surface area contributed by atoms with Crippen molar-refractivity contribution in [2.24, 2.45) is 5.92 Å². The van der Waals surface area contributed by atoms with E-state index in [1.54, 1.807) is 6.07 Å². The van der Waals surface area contributed by atoms with Crippen molar-refractivity contribution in [3.63, 3.8) is 0 Å². The average Bonchev–Trinajstić information content (AvgIpc) is 2.93. The standard InChI is InChI=1S/C14H22N2O2S2/c1-10-2-3-12(8-10)16-20(17,18)14-6-7-19-13(14)9-15-11-4-5-11/h6-7,10-12,15-16H,2-5,8-9H2,1H3. The molecule has 1 aromatic rings. The second kappa shape index (κ2) is 5.75. The summed E-state index contributed by atoms with van der Waals surface area (Å²) in [6.45, 7) is 2.85. The molecule has 2 fully saturated rings. The fourth-order valence-electron chi connectivity index (χ4n) is 2.82. The Bertz CT molecular complexity index is 563. The molecule has 0 bridgehead atoms. The quantitative estimate of drug-likeness (QED) is 0.848. The minimum atomic E-state index is -3.36. The Morgan fingerprint density at radius 2 is 2.00 bits per heavy atom. The van der Waals surface area contributed by atoms with Crippen LogP contribution in [0.5, 0.6) is 0 Å². The van der Waals surface area contributed by atoms with Crippen LogP contribution in [0, 0.1) is 5.92 Å². The van der Waals surface area contributed by atoms with Crippen molar-refractivity contribution in [2.45, 2.75) is 62.6 Å². The Hall–Kier alpha value is -0.430. The first-order valence-electron chi connectivity index (χ1n) is 7.36. The zero-order valence-electron chi connectivity index (χ0n) is 11.8. The minimum absolute atomic E-state index is 0.110. The largest absolute Gasteiger partial charge is 0.309 e. The van der Waals surface area contributed by atoms with Crippen molar-refractivity contribution < 1.29 is 8.42 Å². The smallest absolute Gasteiger partial charge is 0.241 e. The van der Waals surface area contributed by atoms with Crippen LogP contribution in [0.3, 0.4) is 0 Å². The first-order chi connectivity index (χ1) is 9.54. The second-order valence-corrected chi connectivity index (χ2v) is 8.78. The highest BCUT2D eigenvalue weighted by atomic mass is 32.2. The second-order valence-electron chi connectivity index (χ2n) is 6.10. The molecule has 3 rings (SSSR count). The van der Waals surface area contributed by atoms with E-state index in [0.717, 1.165) is 24.1 Å². The van der Waals surface area contributed by atoms with Gasteiger partial charge in [-0.15, -0.1) is 11.3 Å². The van der Waals surface area contributed by atoms with Crippen molar-refractivity contribution >= 4 is 21.4 Å². The van der Waals surface area contributed by atoms with Gasteiger partial charge in [-0.3, -0.25) is 0 Å². The highest BCUT2D eigenvalue weighted by Gasteiger charge is 2.28. The van der Waals surface area contributed by atoms with E-state index in [2.05, 4.69) is 17.0 Å². The molecule has 0 amide bonds. The van der Waals surface area contributed by atoms with Crippen molar-refractivity contribution in [2.75, 3.05) is 0 Å². The van der Waals surface area contributed by atoms with Gasteiger partial charge in [0.2, 0.25) is 10.0 Å². The lowest BCUT2D eigenvalue weighted by Gasteiger charge is -2.13. The van der Waals surface area contributed by atoms with Gasteiger partial charge in [-0.05, 0) is 49.5 Å². The van der Waals surface area contributed by atoms with Gasteiger partial charge < -0.3 is 5.32 Å². The van der Waals surface area contributed by atoms with Crippen LogP contribution in [0.25, 0.3) is 0 Å². The summed E-state index contributed by atoms with van der Waals surface area (Å²) in [5.41, 5.74) is 0. The van der Waals surface area contributed by atoms with Gasteiger partial charge in [-0.25, -0.2) is 13.1 Å². The number of rotatable bonds is 6. The Balaban J connectivity index is 1.68. The highest BCUT2D eigenvalue weighted by Crippen LogP contribution is 2.28. The molecule has 20 heavy (non-hydrogen) atoms. The van der Waals surface area contributed by atoms with Crippen molar-refractivity contribution in [3.05, 3.63) is 16.3 Å². The lowest BCUT2D eigenvalue weighted by molar-refractivity contribution is 0.537. The minimum Gasteiger partial charge on any atom is -0.309 e. The van der Waals surface area contributed by atoms with Crippen LogP contribution >= 0.6 is 11.3 Å². The van der Waals surface area contributed by atoms with E-state index in [4.69, 9.17) is 0 Å². The van der Waals surface area contributed by atoms with Gasteiger partial charge >= 0.3 is 0 Å². The average molecular weight is 314 g/mol. The Labute approximate surface area is 125 Å². The van der Waals surface area contributed by atoms with Crippen LogP contribution in [0.4, 0.5) is 0 Å². The predicted octanol–water partition coefficient (Wildman–Crippen LogP) is 2.47. The molecule has 0 saturated heterocycles. The molecule has 6 heteroatoms. The van der Waals surface area contributed by atoms with E-state index in [-0.39, 0.29) is 6.04 Å². The Kier molecular flexibility index (Phi) is 4.17. The summed E-state index contributed by atoms with van der Waals surface area (Å²) in [6, 6.07) is 2.44. The van der Waals surface area contributed by atoms with Crippen LogP contribution in [0.15, 0.2) is 16.3 Å². The van der Waals surface area contributed by atoms with E-state index in [0.29, 0.717) is 23.4 Å². The molecule has 0 aliphatic heterocycles. The van der Waals surface area contributed by atoms with Gasteiger partial charge in [0.05, 0.1) is 4.90 Å². The van der Waals surface area contributed by atoms with Crippen LogP contribution < -0.4 is 10.0 Å². The molecular formula is C14H22N2O2S2. The highest BCUT2D eigenvalue weighted by molar-refractivity contribution is 7.89. The molecule has 2 aliphatic carbocycles. The van der Waals surface area contributed by atoms with Gasteiger partial charge in [-0.2, -0.15) is 0 Å². The van der Waals surface area contributed by atoms with Crippen LogP contribution in [0.1, 0.15) is 43.9 Å². The molecule has 2 atom stereocenters. The van der Waals surface area contributed by atoms with E-state index in [1.165, 1.54) is 24.2 Å². The topological polar surface area (TPSA) is 58.2 Å². The zero-order valence-corrected chi connectivity index (χ0v) is 13.4. The summed E-state index contributed by atoms with van der Waals surface area (Å²) < 4.78 is 27.9. The maximum absolute atomic E-state index is 12.5. The molecule has 1 aromatic heterocycles. The first-order valence-corrected chi connectivity index (χ1v) is 9.73. The molecule has 0 aromatic carbocycles. The first kappa shape index (κ1) is 14.5. The van der Waals surface area contributed by atoms with E-state index >= 15 is 0 Å². The van der Waals surface area contributed by atoms with Gasteiger partial charge in [0.15, 0.2) is 0 Å². The van der Waals surface area contributed by atoms with Gasteiger partial charge in [0.1, 0.15) is 0 Å². The molecule has 2 unspecified atom stereocenters. The molecule has 4 nitrogen and oxygen atoms in total. The maximum Gasteiger partial charge on any atom is 0.241 e. The summed E-state index contributed by atoms with van der Waals surface area (Å²) >= 11 is 1.52. The van der Waals surface area contributed by atoms with Crippen LogP contribution in [-0.2, 0) is 16.6 Å². The summed E-state index contributed by atoms with van der Waals surface area (Å²) in [5, 5.41) is 5.26. The van der Waals surface area contributed by atoms with Crippen LogP contribution in [-0.4, -0.2) is 20.5 Å². The molecule has 112 valence electrons. The summed E-state index contributed by atoms with van der Waals surface area (Å²) in [7, 11) is -3.36. The molecule has 0 radical (unpaired) electrons. The third kappa shape index (κ3) is 3.42. The fraction of sp³-hybridized carbons (Fsp3) is 0.714.